The Morgan fingerprint density at radius 2 is 1.72 bits per heavy atom. The lowest BCUT2D eigenvalue weighted by molar-refractivity contribution is -0.110. The molecule has 5 rings (SSSR count). The maximum Gasteiger partial charge on any atom is 0.277 e. The number of fused-ring (bicyclic) bond motifs is 2. The third-order valence-electron chi connectivity index (χ3n) is 5.10. The predicted octanol–water partition coefficient (Wildman–Crippen LogP) is 2.48. The van der Waals surface area contributed by atoms with Crippen LogP contribution in [-0.4, -0.2) is 41.8 Å². The van der Waals surface area contributed by atoms with E-state index in [9.17, 15) is 9.59 Å². The molecule has 1 aliphatic rings. The molecule has 0 aliphatic carbocycles. The summed E-state index contributed by atoms with van der Waals surface area (Å²) in [7, 11) is 4.52. The van der Waals surface area contributed by atoms with E-state index in [4.69, 9.17) is 14.2 Å². The van der Waals surface area contributed by atoms with E-state index < -0.39 is 0 Å². The van der Waals surface area contributed by atoms with Gasteiger partial charge in [0.2, 0.25) is 10.7 Å². The minimum absolute atomic E-state index is 0.290. The van der Waals surface area contributed by atoms with Crippen LogP contribution in [0, 0.1) is 0 Å². The van der Waals surface area contributed by atoms with Crippen LogP contribution in [0.3, 0.4) is 0 Å². The average molecular weight is 515 g/mol. The molecule has 1 N–H and O–H groups in total. The topological polar surface area (TPSA) is 104 Å². The van der Waals surface area contributed by atoms with E-state index in [1.54, 1.807) is 18.2 Å². The zero-order valence-corrected chi connectivity index (χ0v) is 19.5. The molecule has 2 aromatic carbocycles. The number of anilines is 1. The Labute approximate surface area is 193 Å². The molecule has 11 heteroatoms. The van der Waals surface area contributed by atoms with Crippen LogP contribution < -0.4 is 29.6 Å². The fraction of sp³-hybridized carbons (Fsp3) is 0.143. The van der Waals surface area contributed by atoms with Gasteiger partial charge in [0.15, 0.2) is 17.3 Å². The molecule has 0 unspecified atom stereocenters. The van der Waals surface area contributed by atoms with Crippen molar-refractivity contribution in [3.8, 4) is 28.6 Å². The van der Waals surface area contributed by atoms with E-state index in [0.29, 0.717) is 50.4 Å². The van der Waals surface area contributed by atoms with Crippen LogP contribution in [0.2, 0.25) is 0 Å². The first-order chi connectivity index (χ1) is 15.5. The first-order valence-corrected chi connectivity index (χ1v) is 10.9. The summed E-state index contributed by atoms with van der Waals surface area (Å²) in [4.78, 5) is 26.5. The smallest absolute Gasteiger partial charge is 0.277 e. The lowest BCUT2D eigenvalue weighted by Crippen LogP contribution is -2.28. The number of aromatic nitrogens is 3. The normalized spacial score (nSPS) is 14.4. The minimum Gasteiger partial charge on any atom is -0.493 e. The third-order valence-corrected chi connectivity index (χ3v) is 6.62. The largest absolute Gasteiger partial charge is 0.493 e. The van der Waals surface area contributed by atoms with E-state index in [0.717, 1.165) is 15.8 Å². The maximum atomic E-state index is 13.4. The lowest BCUT2D eigenvalue weighted by atomic mass is 10.1. The zero-order chi connectivity index (χ0) is 22.6. The molecule has 32 heavy (non-hydrogen) atoms. The molecular weight excluding hydrogens is 500 g/mol. The van der Waals surface area contributed by atoms with Crippen LogP contribution in [0.25, 0.3) is 21.9 Å². The molecule has 162 valence electrons. The van der Waals surface area contributed by atoms with E-state index in [1.807, 2.05) is 12.1 Å². The fourth-order valence-corrected chi connectivity index (χ4v) is 5.04. The number of benzene rings is 2. The summed E-state index contributed by atoms with van der Waals surface area (Å²) < 4.78 is 18.7. The molecule has 1 amide bonds. The van der Waals surface area contributed by atoms with Crippen LogP contribution in [0.4, 0.5) is 5.69 Å². The quantitative estimate of drug-likeness (QED) is 0.446. The van der Waals surface area contributed by atoms with Crippen molar-refractivity contribution in [3.63, 3.8) is 0 Å². The van der Waals surface area contributed by atoms with Crippen LogP contribution in [0.5, 0.6) is 17.2 Å². The number of nitrogens with one attached hydrogen (secondary N) is 1. The lowest BCUT2D eigenvalue weighted by Gasteiger charge is -2.13. The Hall–Kier alpha value is -3.44. The number of methoxy groups -OCH3 is 3. The highest BCUT2D eigenvalue weighted by atomic mass is 79.9. The van der Waals surface area contributed by atoms with Crippen LogP contribution in [-0.2, 0) is 4.79 Å². The highest BCUT2D eigenvalue weighted by Gasteiger charge is 2.28. The monoisotopic (exact) mass is 514 g/mol. The number of rotatable bonds is 4. The molecule has 0 atom stereocenters. The van der Waals surface area contributed by atoms with Gasteiger partial charge in [-0.25, -0.2) is 4.40 Å². The number of halogens is 1. The minimum atomic E-state index is -0.378. The second-order valence-corrected chi connectivity index (χ2v) is 8.70. The average Bonchev–Trinajstić information content (AvgIpc) is 3.44. The molecule has 4 aromatic rings. The third kappa shape index (κ3) is 2.96. The Morgan fingerprint density at radius 3 is 2.38 bits per heavy atom. The van der Waals surface area contributed by atoms with Crippen molar-refractivity contribution in [2.45, 2.75) is 0 Å². The number of carbonyl (C=O) groups is 1. The van der Waals surface area contributed by atoms with Crippen molar-refractivity contribution in [2.75, 3.05) is 26.6 Å². The van der Waals surface area contributed by atoms with Crippen molar-refractivity contribution in [3.05, 3.63) is 55.3 Å². The number of hydrogen-bond donors (Lipinski definition) is 1. The summed E-state index contributed by atoms with van der Waals surface area (Å²) in [5.41, 5.74) is 1.81. The molecule has 9 nitrogen and oxygen atoms in total. The number of amides is 1. The summed E-state index contributed by atoms with van der Waals surface area (Å²) in [6.07, 6.45) is 0. The Kier molecular flexibility index (Phi) is 4.86. The van der Waals surface area contributed by atoms with Crippen molar-refractivity contribution in [1.82, 2.24) is 14.6 Å². The van der Waals surface area contributed by atoms with Crippen molar-refractivity contribution >= 4 is 49.4 Å². The second kappa shape index (κ2) is 7.61. The molecule has 0 spiro atoms. The first kappa shape index (κ1) is 20.5. The predicted molar refractivity (Wildman–Crippen MR) is 123 cm³/mol. The number of nitrogens with zero attached hydrogens (tertiary/aromatic N) is 3. The summed E-state index contributed by atoms with van der Waals surface area (Å²) in [6.45, 7) is 0. The Bertz CT molecular complexity index is 1500. The van der Waals surface area contributed by atoms with Gasteiger partial charge in [-0.15, -0.1) is 10.2 Å². The Morgan fingerprint density at radius 1 is 1.00 bits per heavy atom. The van der Waals surface area contributed by atoms with Crippen LogP contribution >= 0.6 is 27.3 Å². The molecule has 0 fully saturated rings. The molecule has 0 saturated heterocycles. The maximum absolute atomic E-state index is 13.4. The highest BCUT2D eigenvalue weighted by molar-refractivity contribution is 9.10. The van der Waals surface area contributed by atoms with Crippen molar-refractivity contribution < 1.29 is 19.0 Å². The van der Waals surface area contributed by atoms with Gasteiger partial charge < -0.3 is 19.5 Å². The van der Waals surface area contributed by atoms with Gasteiger partial charge in [-0.2, -0.15) is 0 Å². The number of thiazole rings is 1. The summed E-state index contributed by atoms with van der Waals surface area (Å²) in [6, 6.07) is 8.81. The van der Waals surface area contributed by atoms with Crippen LogP contribution in [0.1, 0.15) is 5.56 Å². The van der Waals surface area contributed by atoms with Crippen molar-refractivity contribution in [1.29, 1.82) is 0 Å². The highest BCUT2D eigenvalue weighted by Crippen LogP contribution is 2.41. The second-order valence-electron chi connectivity index (χ2n) is 6.81. The van der Waals surface area contributed by atoms with Crippen molar-refractivity contribution in [2.24, 2.45) is 0 Å². The van der Waals surface area contributed by atoms with Gasteiger partial charge in [0.05, 0.1) is 26.9 Å². The summed E-state index contributed by atoms with van der Waals surface area (Å²) in [5.74, 6) is 1.24. The van der Waals surface area contributed by atoms with Crippen LogP contribution in [0.15, 0.2) is 39.6 Å². The SMILES string of the molecule is COc1cc(-c2nnc3sc(=C4C(=O)Nc5ccc(Br)cc54)c(=O)n23)cc(OC)c1OC. The van der Waals surface area contributed by atoms with E-state index >= 15 is 0 Å². The standard InChI is InChI=1S/C21H15BrN4O5S/c1-29-13-6-9(7-14(30-2)16(13)31-3)18-24-25-21-26(18)20(28)17(32-21)15-11-8-10(22)4-5-12(11)23-19(15)27/h4-8H,1-3H3,(H,23,27). The van der Waals surface area contributed by atoms with E-state index in [2.05, 4.69) is 31.4 Å². The van der Waals surface area contributed by atoms with E-state index in [-0.39, 0.29) is 16.0 Å². The van der Waals surface area contributed by atoms with Gasteiger partial charge in [0.1, 0.15) is 4.53 Å². The number of ether oxygens (including phenoxy) is 3. The van der Waals surface area contributed by atoms with Gasteiger partial charge >= 0.3 is 0 Å². The first-order valence-electron chi connectivity index (χ1n) is 9.30. The molecule has 2 aromatic heterocycles. The van der Waals surface area contributed by atoms with Gasteiger partial charge in [0.25, 0.3) is 11.5 Å². The zero-order valence-electron chi connectivity index (χ0n) is 17.1. The number of hydrogen-bond acceptors (Lipinski definition) is 8. The van der Waals surface area contributed by atoms with E-state index in [1.165, 1.54) is 25.7 Å². The molecule has 1 aliphatic heterocycles. The molecule has 0 radical (unpaired) electrons. The summed E-state index contributed by atoms with van der Waals surface area (Å²) in [5, 5.41) is 11.2. The summed E-state index contributed by atoms with van der Waals surface area (Å²) >= 11 is 4.54. The fourth-order valence-electron chi connectivity index (χ4n) is 3.68. The molecular formula is C21H15BrN4O5S. The van der Waals surface area contributed by atoms with Gasteiger partial charge in [-0.05, 0) is 30.3 Å². The number of carbonyl (C=O) groups excluding carboxylic acids is 1. The van der Waals surface area contributed by atoms with Gasteiger partial charge in [-0.1, -0.05) is 27.3 Å². The van der Waals surface area contributed by atoms with Gasteiger partial charge in [-0.3, -0.25) is 9.59 Å². The molecule has 3 heterocycles. The molecule has 0 saturated carbocycles. The molecule has 0 bridgehead atoms. The Balaban J connectivity index is 1.78. The van der Waals surface area contributed by atoms with Gasteiger partial charge in [0, 0.05) is 21.3 Å².